The Morgan fingerprint density at radius 3 is 1.65 bits per heavy atom. The molecule has 10 aromatic rings. The number of hydrogen-bond acceptors (Lipinski definition) is 5. The highest BCUT2D eigenvalue weighted by Gasteiger charge is 2.19. The number of nitrogens with zero attached hydrogens (tertiary/aromatic N) is 3. The van der Waals surface area contributed by atoms with Gasteiger partial charge in [-0.15, -0.1) is 0 Å². The van der Waals surface area contributed by atoms with Crippen molar-refractivity contribution < 1.29 is 8.83 Å². The van der Waals surface area contributed by atoms with Crippen molar-refractivity contribution >= 4 is 54.6 Å². The predicted octanol–water partition coefficient (Wildman–Crippen LogP) is 11.5. The van der Waals surface area contributed by atoms with Gasteiger partial charge in [-0.3, -0.25) is 0 Å². The van der Waals surface area contributed by atoms with Gasteiger partial charge in [-0.25, -0.2) is 15.0 Å². The average Bonchev–Trinajstić information content (AvgIpc) is 3.72. The molecule has 3 aromatic heterocycles. The number of aromatic nitrogens is 3. The van der Waals surface area contributed by atoms with E-state index in [9.17, 15) is 0 Å². The number of fused-ring (bicyclic) bond motifs is 7. The maximum atomic E-state index is 6.34. The van der Waals surface area contributed by atoms with Crippen LogP contribution in [-0.2, 0) is 0 Å². The Morgan fingerprint density at radius 1 is 0.354 bits per heavy atom. The summed E-state index contributed by atoms with van der Waals surface area (Å²) in [5, 5.41) is 6.56. The van der Waals surface area contributed by atoms with Gasteiger partial charge in [0, 0.05) is 43.8 Å². The fourth-order valence-electron chi connectivity index (χ4n) is 6.94. The normalized spacial score (nSPS) is 11.8. The monoisotopic (exact) mass is 615 g/mol. The van der Waals surface area contributed by atoms with Gasteiger partial charge in [0.25, 0.3) is 0 Å². The highest BCUT2D eigenvalue weighted by molar-refractivity contribution is 6.20. The minimum atomic E-state index is 0.598. The SMILES string of the molecule is c1ccc(-c2nc(-c3ccc(-c4c5ccccc5cc5oc6ccccc6c45)cc3)nc(-c3cccc4oc5ccccc5c34)n2)cc1. The van der Waals surface area contributed by atoms with E-state index in [1.807, 2.05) is 72.8 Å². The van der Waals surface area contributed by atoms with E-state index in [0.717, 1.165) is 77.1 Å². The zero-order valence-corrected chi connectivity index (χ0v) is 25.6. The number of benzene rings is 7. The van der Waals surface area contributed by atoms with Crippen LogP contribution in [0.1, 0.15) is 0 Å². The van der Waals surface area contributed by atoms with Crippen LogP contribution < -0.4 is 0 Å². The molecule has 0 unspecified atom stereocenters. The summed E-state index contributed by atoms with van der Waals surface area (Å²) >= 11 is 0. The van der Waals surface area contributed by atoms with Crippen LogP contribution in [0, 0.1) is 0 Å². The first-order chi connectivity index (χ1) is 23.8. The van der Waals surface area contributed by atoms with Crippen molar-refractivity contribution in [1.29, 1.82) is 0 Å². The summed E-state index contributed by atoms with van der Waals surface area (Å²) in [6.45, 7) is 0. The summed E-state index contributed by atoms with van der Waals surface area (Å²) in [7, 11) is 0. The van der Waals surface area contributed by atoms with E-state index in [1.165, 1.54) is 5.39 Å². The highest BCUT2D eigenvalue weighted by Crippen LogP contribution is 2.42. The van der Waals surface area contributed by atoms with Gasteiger partial charge in [0.1, 0.15) is 22.3 Å². The van der Waals surface area contributed by atoms with Crippen LogP contribution in [0.2, 0.25) is 0 Å². The minimum Gasteiger partial charge on any atom is -0.456 e. The summed E-state index contributed by atoms with van der Waals surface area (Å²) in [6, 6.07) is 51.6. The molecular formula is C43H25N3O2. The Balaban J connectivity index is 1.17. The number of para-hydroxylation sites is 2. The van der Waals surface area contributed by atoms with Crippen molar-refractivity contribution in [3.8, 4) is 45.3 Å². The maximum Gasteiger partial charge on any atom is 0.164 e. The lowest BCUT2D eigenvalue weighted by molar-refractivity contribution is 0.669. The predicted molar refractivity (Wildman–Crippen MR) is 194 cm³/mol. The number of rotatable bonds is 4. The molecule has 5 heteroatoms. The van der Waals surface area contributed by atoms with Crippen molar-refractivity contribution in [2.75, 3.05) is 0 Å². The van der Waals surface area contributed by atoms with Crippen LogP contribution in [-0.4, -0.2) is 15.0 Å². The summed E-state index contributed by atoms with van der Waals surface area (Å²) in [5.74, 6) is 1.82. The van der Waals surface area contributed by atoms with Crippen molar-refractivity contribution in [3.63, 3.8) is 0 Å². The Kier molecular flexibility index (Phi) is 5.81. The number of furan rings is 2. The van der Waals surface area contributed by atoms with Crippen molar-refractivity contribution in [2.24, 2.45) is 0 Å². The summed E-state index contributed by atoms with van der Waals surface area (Å²) in [4.78, 5) is 15.1. The third kappa shape index (κ3) is 4.15. The van der Waals surface area contributed by atoms with Gasteiger partial charge in [0.2, 0.25) is 0 Å². The van der Waals surface area contributed by atoms with E-state index in [4.69, 9.17) is 23.8 Å². The second-order valence-electron chi connectivity index (χ2n) is 12.0. The maximum absolute atomic E-state index is 6.34. The molecule has 0 N–H and O–H groups in total. The first-order valence-electron chi connectivity index (χ1n) is 15.9. The average molecular weight is 616 g/mol. The highest BCUT2D eigenvalue weighted by atomic mass is 16.3. The minimum absolute atomic E-state index is 0.598. The standard InChI is InChI=1S/C43H25N3O2/c1-2-11-27(12-3-1)41-44-42(46-43(45-41)33-17-10-20-36-39(33)31-15-6-8-18-34(31)47-36)28-23-21-26(22-24-28)38-30-14-5-4-13-29(30)25-37-40(38)32-16-7-9-19-35(32)48-37/h1-25H. The topological polar surface area (TPSA) is 65.0 Å². The van der Waals surface area contributed by atoms with E-state index in [-0.39, 0.29) is 0 Å². The van der Waals surface area contributed by atoms with Crippen LogP contribution in [0.25, 0.3) is 99.9 Å². The molecule has 48 heavy (non-hydrogen) atoms. The molecule has 224 valence electrons. The lowest BCUT2D eigenvalue weighted by Gasteiger charge is -2.11. The molecule has 0 aliphatic rings. The van der Waals surface area contributed by atoms with Gasteiger partial charge < -0.3 is 8.83 Å². The summed E-state index contributed by atoms with van der Waals surface area (Å²) < 4.78 is 12.5. The zero-order valence-electron chi connectivity index (χ0n) is 25.6. The van der Waals surface area contributed by atoms with E-state index >= 15 is 0 Å². The van der Waals surface area contributed by atoms with Crippen LogP contribution in [0.5, 0.6) is 0 Å². The molecule has 0 fully saturated rings. The number of hydrogen-bond donors (Lipinski definition) is 0. The molecule has 0 saturated carbocycles. The molecule has 0 radical (unpaired) electrons. The fourth-order valence-corrected chi connectivity index (χ4v) is 6.94. The quantitative estimate of drug-likeness (QED) is 0.197. The molecule has 0 bridgehead atoms. The van der Waals surface area contributed by atoms with Crippen LogP contribution in [0.4, 0.5) is 0 Å². The molecule has 0 spiro atoms. The Hall–Kier alpha value is -6.59. The molecule has 3 heterocycles. The Bertz CT molecular complexity index is 2830. The molecule has 5 nitrogen and oxygen atoms in total. The van der Waals surface area contributed by atoms with Gasteiger partial charge in [-0.05, 0) is 40.6 Å². The zero-order chi connectivity index (χ0) is 31.6. The second kappa shape index (κ2) is 10.5. The molecule has 0 aliphatic heterocycles. The van der Waals surface area contributed by atoms with Crippen LogP contribution in [0.15, 0.2) is 160 Å². The first-order valence-corrected chi connectivity index (χ1v) is 15.9. The largest absolute Gasteiger partial charge is 0.456 e. The van der Waals surface area contributed by atoms with Crippen LogP contribution >= 0.6 is 0 Å². The molecule has 10 rings (SSSR count). The van der Waals surface area contributed by atoms with Gasteiger partial charge in [0.05, 0.1) is 0 Å². The molecule has 0 atom stereocenters. The third-order valence-corrected chi connectivity index (χ3v) is 9.13. The first kappa shape index (κ1) is 26.6. The van der Waals surface area contributed by atoms with E-state index < -0.39 is 0 Å². The van der Waals surface area contributed by atoms with Gasteiger partial charge in [0.15, 0.2) is 17.5 Å². The van der Waals surface area contributed by atoms with E-state index in [0.29, 0.717) is 17.5 Å². The fraction of sp³-hybridized carbons (Fsp3) is 0. The lowest BCUT2D eigenvalue weighted by Crippen LogP contribution is -2.00. The lowest BCUT2D eigenvalue weighted by atomic mass is 9.93. The molecule has 0 saturated heterocycles. The summed E-state index contributed by atoms with van der Waals surface area (Å²) in [6.07, 6.45) is 0. The molecule has 0 amide bonds. The van der Waals surface area contributed by atoms with Gasteiger partial charge >= 0.3 is 0 Å². The van der Waals surface area contributed by atoms with Crippen molar-refractivity contribution in [1.82, 2.24) is 15.0 Å². The third-order valence-electron chi connectivity index (χ3n) is 9.13. The second-order valence-corrected chi connectivity index (χ2v) is 12.0. The van der Waals surface area contributed by atoms with E-state index in [1.54, 1.807) is 0 Å². The smallest absolute Gasteiger partial charge is 0.164 e. The Labute approximate surface area is 274 Å². The van der Waals surface area contributed by atoms with Gasteiger partial charge in [-0.1, -0.05) is 127 Å². The molecular weight excluding hydrogens is 590 g/mol. The summed E-state index contributed by atoms with van der Waals surface area (Å²) in [5.41, 5.74) is 8.37. The van der Waals surface area contributed by atoms with Crippen molar-refractivity contribution in [3.05, 3.63) is 152 Å². The van der Waals surface area contributed by atoms with Gasteiger partial charge in [-0.2, -0.15) is 0 Å². The molecule has 7 aromatic carbocycles. The van der Waals surface area contributed by atoms with Crippen LogP contribution in [0.3, 0.4) is 0 Å². The molecule has 0 aliphatic carbocycles. The van der Waals surface area contributed by atoms with Crippen molar-refractivity contribution in [2.45, 2.75) is 0 Å². The van der Waals surface area contributed by atoms with E-state index in [2.05, 4.69) is 78.9 Å². The Morgan fingerprint density at radius 2 is 0.896 bits per heavy atom.